The lowest BCUT2D eigenvalue weighted by atomic mass is 10.1. The summed E-state index contributed by atoms with van der Waals surface area (Å²) in [6.07, 6.45) is -0.281. The predicted octanol–water partition coefficient (Wildman–Crippen LogP) is 1.18. The second-order valence-electron chi connectivity index (χ2n) is 2.95. The van der Waals surface area contributed by atoms with Crippen LogP contribution in [0.15, 0.2) is 28.5 Å². The summed E-state index contributed by atoms with van der Waals surface area (Å²) >= 11 is 0. The summed E-state index contributed by atoms with van der Waals surface area (Å²) < 4.78 is 10.5. The second kappa shape index (κ2) is 4.14. The van der Waals surface area contributed by atoms with Gasteiger partial charge in [0.1, 0.15) is 11.5 Å². The van der Waals surface area contributed by atoms with E-state index in [9.17, 15) is 0 Å². The highest BCUT2D eigenvalue weighted by Gasteiger charge is 2.22. The van der Waals surface area contributed by atoms with E-state index in [2.05, 4.69) is 21.3 Å². The summed E-state index contributed by atoms with van der Waals surface area (Å²) in [6, 6.07) is 5.57. The van der Waals surface area contributed by atoms with Crippen LogP contribution in [-0.4, -0.2) is 14.2 Å². The fourth-order valence-electron chi connectivity index (χ4n) is 1.48. The molecule has 0 saturated carbocycles. The molecule has 1 heterocycles. The Bertz CT molecular complexity index is 358. The Kier molecular flexibility index (Phi) is 2.68. The van der Waals surface area contributed by atoms with Gasteiger partial charge in [0.05, 0.1) is 19.8 Å². The molecule has 1 unspecified atom stereocenters. The van der Waals surface area contributed by atoms with Gasteiger partial charge in [0.15, 0.2) is 6.17 Å². The van der Waals surface area contributed by atoms with Crippen LogP contribution in [0.3, 0.4) is 0 Å². The Balaban J connectivity index is 2.44. The fraction of sp³-hybridized carbons (Fsp3) is 0.333. The number of hydrazine groups is 1. The zero-order valence-corrected chi connectivity index (χ0v) is 8.52. The van der Waals surface area contributed by atoms with E-state index in [1.165, 1.54) is 0 Å². The van der Waals surface area contributed by atoms with Crippen molar-refractivity contribution >= 4 is 0 Å². The maximum Gasteiger partial charge on any atom is 0.173 e. The lowest BCUT2D eigenvalue weighted by Gasteiger charge is -2.15. The molecule has 0 radical (unpaired) electrons. The minimum atomic E-state index is -0.281. The molecule has 80 valence electrons. The third-order valence-electron chi connectivity index (χ3n) is 2.16. The average Bonchev–Trinajstić information content (AvgIpc) is 2.81. The first-order chi connectivity index (χ1) is 7.36. The monoisotopic (exact) mass is 208 g/mol. The number of hydrogen-bond donors (Lipinski definition) is 2. The molecule has 1 aliphatic heterocycles. The Labute approximate surface area is 87.2 Å². The van der Waals surface area contributed by atoms with Crippen LogP contribution in [0.5, 0.6) is 11.5 Å². The molecule has 0 fully saturated rings. The number of nitrogens with zero attached hydrogens (tertiary/aromatic N) is 2. The van der Waals surface area contributed by atoms with E-state index in [-0.39, 0.29) is 6.17 Å². The quantitative estimate of drug-likeness (QED) is 0.782. The number of nitrogens with one attached hydrogen (secondary N) is 2. The normalized spacial score (nSPS) is 18.7. The number of benzene rings is 1. The highest BCUT2D eigenvalue weighted by atomic mass is 16.5. The Morgan fingerprint density at radius 2 is 1.87 bits per heavy atom. The molecule has 1 atom stereocenters. The summed E-state index contributed by atoms with van der Waals surface area (Å²) in [5, 5.41) is 7.61. The van der Waals surface area contributed by atoms with Crippen molar-refractivity contribution in [2.45, 2.75) is 6.17 Å². The van der Waals surface area contributed by atoms with E-state index >= 15 is 0 Å². The summed E-state index contributed by atoms with van der Waals surface area (Å²) in [5.41, 5.74) is 6.28. The van der Waals surface area contributed by atoms with Gasteiger partial charge >= 0.3 is 0 Å². The number of ether oxygens (including phenoxy) is 2. The first-order valence-corrected chi connectivity index (χ1v) is 4.48. The molecule has 2 N–H and O–H groups in total. The predicted molar refractivity (Wildman–Crippen MR) is 53.4 cm³/mol. The molecule has 0 saturated heterocycles. The van der Waals surface area contributed by atoms with Crippen molar-refractivity contribution in [3.8, 4) is 11.5 Å². The molecule has 2 rings (SSSR count). The first-order valence-electron chi connectivity index (χ1n) is 4.48. The van der Waals surface area contributed by atoms with Gasteiger partial charge in [-0.15, -0.1) is 5.11 Å². The van der Waals surface area contributed by atoms with Gasteiger partial charge in [-0.2, -0.15) is 5.43 Å². The SMILES string of the molecule is COc1cccc(OC)c1C1N=NNN1. The zero-order chi connectivity index (χ0) is 10.7. The number of methoxy groups -OCH3 is 2. The van der Waals surface area contributed by atoms with Crippen LogP contribution in [0.25, 0.3) is 0 Å². The first kappa shape index (κ1) is 9.72. The molecule has 6 nitrogen and oxygen atoms in total. The third-order valence-corrected chi connectivity index (χ3v) is 2.16. The molecule has 0 spiro atoms. The van der Waals surface area contributed by atoms with Gasteiger partial charge in [0.25, 0.3) is 0 Å². The molecule has 0 aliphatic carbocycles. The van der Waals surface area contributed by atoms with Crippen molar-refractivity contribution in [3.63, 3.8) is 0 Å². The largest absolute Gasteiger partial charge is 0.496 e. The standard InChI is InChI=1S/C9H12N4O2/c1-14-6-4-3-5-7(15-2)8(6)9-10-12-13-11-9/h3-5,9H,1-2H3,(H,10,13)(H,11,12). The van der Waals surface area contributed by atoms with E-state index in [4.69, 9.17) is 9.47 Å². The van der Waals surface area contributed by atoms with Gasteiger partial charge in [-0.05, 0) is 12.1 Å². The van der Waals surface area contributed by atoms with Crippen molar-refractivity contribution in [1.29, 1.82) is 0 Å². The molecular formula is C9H12N4O2. The van der Waals surface area contributed by atoms with Crippen LogP contribution in [-0.2, 0) is 0 Å². The van der Waals surface area contributed by atoms with Crippen LogP contribution < -0.4 is 20.4 Å². The van der Waals surface area contributed by atoms with E-state index in [1.807, 2.05) is 18.2 Å². The molecular weight excluding hydrogens is 196 g/mol. The highest BCUT2D eigenvalue weighted by molar-refractivity contribution is 5.46. The third kappa shape index (κ3) is 1.71. The Morgan fingerprint density at radius 1 is 1.20 bits per heavy atom. The van der Waals surface area contributed by atoms with Crippen LogP contribution in [0.4, 0.5) is 0 Å². The Morgan fingerprint density at radius 3 is 2.33 bits per heavy atom. The smallest absolute Gasteiger partial charge is 0.173 e. The highest BCUT2D eigenvalue weighted by Crippen LogP contribution is 2.35. The second-order valence-corrected chi connectivity index (χ2v) is 2.95. The number of rotatable bonds is 3. The lowest BCUT2D eigenvalue weighted by Crippen LogP contribution is -2.24. The van der Waals surface area contributed by atoms with Crippen LogP contribution in [0.1, 0.15) is 11.7 Å². The van der Waals surface area contributed by atoms with Crippen LogP contribution in [0.2, 0.25) is 0 Å². The average molecular weight is 208 g/mol. The molecule has 6 heteroatoms. The molecule has 0 bridgehead atoms. The molecule has 0 aromatic heterocycles. The number of hydrogen-bond acceptors (Lipinski definition) is 6. The van der Waals surface area contributed by atoms with Crippen molar-refractivity contribution in [3.05, 3.63) is 23.8 Å². The molecule has 0 amide bonds. The minimum absolute atomic E-state index is 0.281. The van der Waals surface area contributed by atoms with Crippen molar-refractivity contribution < 1.29 is 9.47 Å². The van der Waals surface area contributed by atoms with Crippen molar-refractivity contribution in [2.24, 2.45) is 10.3 Å². The van der Waals surface area contributed by atoms with Gasteiger partial charge in [-0.3, -0.25) is 0 Å². The van der Waals surface area contributed by atoms with E-state index in [0.29, 0.717) is 0 Å². The summed E-state index contributed by atoms with van der Waals surface area (Å²) in [7, 11) is 3.22. The minimum Gasteiger partial charge on any atom is -0.496 e. The van der Waals surface area contributed by atoms with Gasteiger partial charge < -0.3 is 9.47 Å². The topological polar surface area (TPSA) is 67.2 Å². The van der Waals surface area contributed by atoms with Crippen LogP contribution >= 0.6 is 0 Å². The molecule has 1 aromatic carbocycles. The Hall–Kier alpha value is -1.82. The van der Waals surface area contributed by atoms with Crippen molar-refractivity contribution in [1.82, 2.24) is 11.0 Å². The van der Waals surface area contributed by atoms with E-state index in [1.54, 1.807) is 14.2 Å². The van der Waals surface area contributed by atoms with Gasteiger partial charge in [0, 0.05) is 0 Å². The van der Waals surface area contributed by atoms with Crippen molar-refractivity contribution in [2.75, 3.05) is 14.2 Å². The van der Waals surface area contributed by atoms with E-state index in [0.717, 1.165) is 17.1 Å². The fourth-order valence-corrected chi connectivity index (χ4v) is 1.48. The van der Waals surface area contributed by atoms with Gasteiger partial charge in [-0.1, -0.05) is 11.3 Å². The van der Waals surface area contributed by atoms with Gasteiger partial charge in [0.2, 0.25) is 0 Å². The lowest BCUT2D eigenvalue weighted by molar-refractivity contribution is 0.373. The summed E-state index contributed by atoms with van der Waals surface area (Å²) in [4.78, 5) is 0. The zero-order valence-electron chi connectivity index (χ0n) is 8.52. The van der Waals surface area contributed by atoms with Gasteiger partial charge in [-0.25, -0.2) is 5.53 Å². The molecule has 1 aliphatic rings. The molecule has 1 aromatic rings. The van der Waals surface area contributed by atoms with Crippen LogP contribution in [0, 0.1) is 0 Å². The van der Waals surface area contributed by atoms with E-state index < -0.39 is 0 Å². The maximum absolute atomic E-state index is 5.25. The maximum atomic E-state index is 5.25. The summed E-state index contributed by atoms with van der Waals surface area (Å²) in [6.45, 7) is 0. The summed E-state index contributed by atoms with van der Waals surface area (Å²) in [5.74, 6) is 1.43. The molecule has 15 heavy (non-hydrogen) atoms.